The van der Waals surface area contributed by atoms with Gasteiger partial charge in [0.05, 0.1) is 12.7 Å². The van der Waals surface area contributed by atoms with Crippen molar-refractivity contribution in [2.24, 2.45) is 0 Å². The van der Waals surface area contributed by atoms with Crippen LogP contribution in [0.4, 0.5) is 17.7 Å². The van der Waals surface area contributed by atoms with Gasteiger partial charge in [-0.25, -0.2) is 4.98 Å². The molecule has 0 spiro atoms. The van der Waals surface area contributed by atoms with Gasteiger partial charge in [-0.3, -0.25) is 14.1 Å². The van der Waals surface area contributed by atoms with Gasteiger partial charge >= 0.3 is 0 Å². The maximum atomic E-state index is 12.7. The van der Waals surface area contributed by atoms with Crippen molar-refractivity contribution in [1.29, 1.82) is 0 Å². The molecule has 0 saturated carbocycles. The number of rotatable bonds is 5. The first-order valence-electron chi connectivity index (χ1n) is 10.3. The van der Waals surface area contributed by atoms with Crippen molar-refractivity contribution in [3.63, 3.8) is 0 Å². The number of aromatic amines is 1. The summed E-state index contributed by atoms with van der Waals surface area (Å²) in [5.41, 5.74) is 1.87. The highest BCUT2D eigenvalue weighted by molar-refractivity contribution is 5.79. The van der Waals surface area contributed by atoms with Gasteiger partial charge in [0, 0.05) is 45.6 Å². The highest BCUT2D eigenvalue weighted by atomic mass is 16.2. The van der Waals surface area contributed by atoms with E-state index in [0.29, 0.717) is 38.5 Å². The molecule has 1 aromatic carbocycles. The van der Waals surface area contributed by atoms with Gasteiger partial charge in [0.1, 0.15) is 5.65 Å². The van der Waals surface area contributed by atoms with Gasteiger partial charge in [0.2, 0.25) is 17.8 Å². The van der Waals surface area contributed by atoms with Crippen LogP contribution in [-0.2, 0) is 11.2 Å². The summed E-state index contributed by atoms with van der Waals surface area (Å²) < 4.78 is 1.94. The first kappa shape index (κ1) is 19.1. The van der Waals surface area contributed by atoms with E-state index in [1.165, 1.54) is 0 Å². The van der Waals surface area contributed by atoms with Crippen LogP contribution in [0.2, 0.25) is 0 Å². The van der Waals surface area contributed by atoms with Crippen LogP contribution in [0.15, 0.2) is 61.2 Å². The molecule has 1 N–H and O–H groups in total. The van der Waals surface area contributed by atoms with Gasteiger partial charge in [-0.05, 0) is 17.7 Å². The van der Waals surface area contributed by atoms with E-state index in [0.717, 1.165) is 23.0 Å². The highest BCUT2D eigenvalue weighted by Gasteiger charge is 2.24. The molecule has 0 atom stereocenters. The molecular formula is C22H24N8O. The molecule has 0 bridgehead atoms. The summed E-state index contributed by atoms with van der Waals surface area (Å²) in [7, 11) is 1.93. The lowest BCUT2D eigenvalue weighted by Crippen LogP contribution is -2.49. The molecule has 1 aliphatic heterocycles. The van der Waals surface area contributed by atoms with Crippen LogP contribution in [0.1, 0.15) is 5.56 Å². The number of anilines is 3. The summed E-state index contributed by atoms with van der Waals surface area (Å²) in [5.74, 6) is 2.34. The Labute approximate surface area is 180 Å². The van der Waals surface area contributed by atoms with E-state index in [1.54, 1.807) is 6.33 Å². The Bertz CT molecular complexity index is 1160. The SMILES string of the molecule is CN(c1c[nH]cn1)c1nc(N2CCN(C(=O)Cc3ccccc3)CC2)nc2cccn12. The van der Waals surface area contributed by atoms with Crippen molar-refractivity contribution < 1.29 is 4.79 Å². The lowest BCUT2D eigenvalue weighted by atomic mass is 10.1. The predicted octanol–water partition coefficient (Wildman–Crippen LogP) is 2.11. The second-order valence-corrected chi connectivity index (χ2v) is 7.58. The van der Waals surface area contributed by atoms with Gasteiger partial charge in [-0.2, -0.15) is 9.97 Å². The minimum Gasteiger partial charge on any atom is -0.349 e. The maximum Gasteiger partial charge on any atom is 0.230 e. The third-order valence-electron chi connectivity index (χ3n) is 5.60. The van der Waals surface area contributed by atoms with Crippen molar-refractivity contribution in [2.75, 3.05) is 43.0 Å². The van der Waals surface area contributed by atoms with Gasteiger partial charge in [0.15, 0.2) is 5.82 Å². The molecule has 1 aliphatic rings. The van der Waals surface area contributed by atoms with Crippen molar-refractivity contribution >= 4 is 29.3 Å². The topological polar surface area (TPSA) is 85.7 Å². The van der Waals surface area contributed by atoms with Crippen LogP contribution in [-0.4, -0.2) is 68.4 Å². The fraction of sp³-hybridized carbons (Fsp3) is 0.273. The number of amides is 1. The van der Waals surface area contributed by atoms with Crippen LogP contribution >= 0.6 is 0 Å². The van der Waals surface area contributed by atoms with Gasteiger partial charge in [-0.1, -0.05) is 30.3 Å². The largest absolute Gasteiger partial charge is 0.349 e. The molecule has 0 radical (unpaired) electrons. The Kier molecular flexibility index (Phi) is 4.99. The summed E-state index contributed by atoms with van der Waals surface area (Å²) in [5, 5.41) is 0. The number of nitrogens with one attached hydrogen (secondary N) is 1. The summed E-state index contributed by atoms with van der Waals surface area (Å²) in [6, 6.07) is 13.8. The molecule has 1 amide bonds. The second kappa shape index (κ2) is 8.10. The Hall–Kier alpha value is -3.88. The number of piperazine rings is 1. The van der Waals surface area contributed by atoms with Crippen molar-refractivity contribution in [3.8, 4) is 0 Å². The van der Waals surface area contributed by atoms with Crippen molar-refractivity contribution in [2.45, 2.75) is 6.42 Å². The number of imidazole rings is 1. The van der Waals surface area contributed by atoms with Crippen molar-refractivity contribution in [3.05, 3.63) is 66.7 Å². The quantitative estimate of drug-likeness (QED) is 0.536. The van der Waals surface area contributed by atoms with E-state index < -0.39 is 0 Å². The van der Waals surface area contributed by atoms with Gasteiger partial charge in [-0.15, -0.1) is 0 Å². The summed E-state index contributed by atoms with van der Waals surface area (Å²) in [4.78, 5) is 35.6. The first-order valence-corrected chi connectivity index (χ1v) is 10.3. The summed E-state index contributed by atoms with van der Waals surface area (Å²) in [6.07, 6.45) is 5.85. The van der Waals surface area contributed by atoms with Gasteiger partial charge in [0.25, 0.3) is 0 Å². The molecule has 1 fully saturated rings. The Morgan fingerprint density at radius 1 is 1.06 bits per heavy atom. The van der Waals surface area contributed by atoms with Crippen LogP contribution in [0, 0.1) is 0 Å². The zero-order valence-corrected chi connectivity index (χ0v) is 17.3. The molecule has 9 nitrogen and oxygen atoms in total. The van der Waals surface area contributed by atoms with E-state index in [1.807, 2.05) is 76.1 Å². The molecule has 9 heteroatoms. The van der Waals surface area contributed by atoms with Crippen LogP contribution in [0.5, 0.6) is 0 Å². The van der Waals surface area contributed by atoms with E-state index >= 15 is 0 Å². The fourth-order valence-corrected chi connectivity index (χ4v) is 3.86. The molecule has 4 heterocycles. The zero-order chi connectivity index (χ0) is 21.2. The predicted molar refractivity (Wildman–Crippen MR) is 119 cm³/mol. The minimum atomic E-state index is 0.160. The number of benzene rings is 1. The van der Waals surface area contributed by atoms with Crippen LogP contribution in [0.25, 0.3) is 5.65 Å². The normalized spacial score (nSPS) is 14.2. The van der Waals surface area contributed by atoms with Crippen molar-refractivity contribution in [1.82, 2.24) is 29.2 Å². The van der Waals surface area contributed by atoms with E-state index in [2.05, 4.69) is 14.9 Å². The molecule has 3 aromatic heterocycles. The number of H-pyrrole nitrogens is 1. The number of carbonyl (C=O) groups excluding carboxylic acids is 1. The Balaban J connectivity index is 1.32. The lowest BCUT2D eigenvalue weighted by molar-refractivity contribution is -0.130. The number of aromatic nitrogens is 5. The first-order chi connectivity index (χ1) is 15.2. The number of nitrogens with zero attached hydrogens (tertiary/aromatic N) is 7. The third kappa shape index (κ3) is 3.81. The van der Waals surface area contributed by atoms with E-state index in [4.69, 9.17) is 9.97 Å². The molecule has 31 heavy (non-hydrogen) atoms. The number of hydrogen-bond acceptors (Lipinski definition) is 6. The molecule has 1 saturated heterocycles. The Morgan fingerprint density at radius 2 is 1.87 bits per heavy atom. The zero-order valence-electron chi connectivity index (χ0n) is 17.3. The molecule has 158 valence electrons. The van der Waals surface area contributed by atoms with Crippen LogP contribution in [0.3, 0.4) is 0 Å². The smallest absolute Gasteiger partial charge is 0.230 e. The summed E-state index contributed by atoms with van der Waals surface area (Å²) in [6.45, 7) is 2.71. The summed E-state index contributed by atoms with van der Waals surface area (Å²) >= 11 is 0. The fourth-order valence-electron chi connectivity index (χ4n) is 3.86. The second-order valence-electron chi connectivity index (χ2n) is 7.58. The average molecular weight is 416 g/mol. The molecule has 0 unspecified atom stereocenters. The highest BCUT2D eigenvalue weighted by Crippen LogP contribution is 2.23. The number of carbonyl (C=O) groups is 1. The number of fused-ring (bicyclic) bond motifs is 1. The molecule has 5 rings (SSSR count). The minimum absolute atomic E-state index is 0.160. The van der Waals surface area contributed by atoms with Crippen LogP contribution < -0.4 is 9.80 Å². The molecule has 4 aromatic rings. The van der Waals surface area contributed by atoms with E-state index in [-0.39, 0.29) is 5.91 Å². The molecular weight excluding hydrogens is 392 g/mol. The molecule has 0 aliphatic carbocycles. The Morgan fingerprint density at radius 3 is 2.61 bits per heavy atom. The average Bonchev–Trinajstić information content (AvgIpc) is 3.51. The standard InChI is InChI=1S/C22H24N8O/c1-27(19-15-23-16-24-19)22-26-21(25-18-8-5-9-30(18)22)29-12-10-28(11-13-29)20(31)14-17-6-3-2-4-7-17/h2-9,15-16H,10-14H2,1H3,(H,23,24). The monoisotopic (exact) mass is 416 g/mol. The van der Waals surface area contributed by atoms with Gasteiger partial charge < -0.3 is 14.8 Å². The lowest BCUT2D eigenvalue weighted by Gasteiger charge is -2.35. The maximum absolute atomic E-state index is 12.7. The van der Waals surface area contributed by atoms with E-state index in [9.17, 15) is 4.79 Å². The third-order valence-corrected chi connectivity index (χ3v) is 5.60. The number of hydrogen-bond donors (Lipinski definition) is 1.